The molecule has 1 heterocycles. The van der Waals surface area contributed by atoms with Gasteiger partial charge in [0.2, 0.25) is 12.3 Å². The maximum Gasteiger partial charge on any atom is 0.304 e. The Morgan fingerprint density at radius 1 is 1.00 bits per heavy atom. The van der Waals surface area contributed by atoms with Crippen LogP contribution < -0.4 is 10.7 Å². The molecule has 0 radical (unpaired) electrons. The summed E-state index contributed by atoms with van der Waals surface area (Å²) >= 11 is 5.94. The fraction of sp³-hybridized carbons (Fsp3) is 0.222. The maximum atomic E-state index is 13.0. The topological polar surface area (TPSA) is 61.2 Å². The molecule has 1 fully saturated rings. The molecule has 4 rings (SSSR count). The molecule has 3 aromatic rings. The highest BCUT2D eigenvalue weighted by molar-refractivity contribution is 6.30. The van der Waals surface area contributed by atoms with Gasteiger partial charge in [0.05, 0.1) is 0 Å². The van der Waals surface area contributed by atoms with Crippen LogP contribution in [0.15, 0.2) is 72.8 Å². The second-order valence-corrected chi connectivity index (χ2v) is 9.08. The standard InChI is InChI=1S/C27H26ClN3O2/c1-17(2)20-10-6-19(7-11-20)16-31-25(21-8-4-18(3)5-9-21)24(27(33)30-31)29-26(32)22-12-14-23(28)15-13-22/h4-17,24-25H,1-3H3,(H-,29,30,32,33)/p+1/b31-16-/t24-,25-/m1/s1. The number of carbonyl (C=O) groups is 2. The third-order valence-corrected chi connectivity index (χ3v) is 6.09. The van der Waals surface area contributed by atoms with E-state index in [0.29, 0.717) is 16.5 Å². The maximum absolute atomic E-state index is 13.0. The van der Waals surface area contributed by atoms with Gasteiger partial charge in [-0.05, 0) is 54.8 Å². The number of hydrogen-bond donors (Lipinski definition) is 2. The summed E-state index contributed by atoms with van der Waals surface area (Å²) in [6.45, 7) is 6.32. The van der Waals surface area contributed by atoms with Crippen molar-refractivity contribution in [3.05, 3.63) is 106 Å². The van der Waals surface area contributed by atoms with Crippen molar-refractivity contribution in [2.75, 3.05) is 0 Å². The number of benzene rings is 3. The lowest BCUT2D eigenvalue weighted by atomic mass is 9.98. The molecule has 1 saturated heterocycles. The molecule has 2 N–H and O–H groups in total. The van der Waals surface area contributed by atoms with E-state index in [2.05, 4.69) is 36.7 Å². The van der Waals surface area contributed by atoms with Gasteiger partial charge in [-0.15, -0.1) is 10.1 Å². The van der Waals surface area contributed by atoms with Crippen LogP contribution in [0.2, 0.25) is 5.02 Å². The fourth-order valence-corrected chi connectivity index (χ4v) is 4.02. The summed E-state index contributed by atoms with van der Waals surface area (Å²) in [6, 6.07) is 21.7. The van der Waals surface area contributed by atoms with Crippen molar-refractivity contribution < 1.29 is 14.3 Å². The molecule has 0 saturated carbocycles. The van der Waals surface area contributed by atoms with E-state index in [4.69, 9.17) is 11.6 Å². The number of halogens is 1. The van der Waals surface area contributed by atoms with Crippen LogP contribution in [0.5, 0.6) is 0 Å². The van der Waals surface area contributed by atoms with Gasteiger partial charge in [-0.25, -0.2) is 0 Å². The van der Waals surface area contributed by atoms with E-state index >= 15 is 0 Å². The van der Waals surface area contributed by atoms with E-state index in [0.717, 1.165) is 16.7 Å². The normalized spacial score (nSPS) is 19.1. The highest BCUT2D eigenvalue weighted by Crippen LogP contribution is 2.26. The SMILES string of the molecule is Cc1ccc([C@@H]2[C@@H](NC(=O)c3ccc(Cl)cc3)C(=O)N/[N+]2=C\c2ccc(C(C)C)cc2)cc1. The van der Waals surface area contributed by atoms with Gasteiger partial charge in [0, 0.05) is 21.7 Å². The third-order valence-electron chi connectivity index (χ3n) is 5.84. The lowest BCUT2D eigenvalue weighted by Gasteiger charge is -2.15. The molecule has 0 unspecified atom stereocenters. The van der Waals surface area contributed by atoms with Gasteiger partial charge in [-0.1, -0.05) is 67.4 Å². The predicted octanol–water partition coefficient (Wildman–Crippen LogP) is 4.79. The monoisotopic (exact) mass is 460 g/mol. The van der Waals surface area contributed by atoms with E-state index in [1.807, 2.05) is 49.5 Å². The van der Waals surface area contributed by atoms with Crippen LogP contribution in [-0.4, -0.2) is 28.8 Å². The first-order chi connectivity index (χ1) is 15.8. The van der Waals surface area contributed by atoms with Crippen molar-refractivity contribution in [3.8, 4) is 0 Å². The zero-order chi connectivity index (χ0) is 23.5. The molecule has 0 aromatic heterocycles. The van der Waals surface area contributed by atoms with Crippen molar-refractivity contribution in [1.29, 1.82) is 0 Å². The summed E-state index contributed by atoms with van der Waals surface area (Å²) in [7, 11) is 0. The summed E-state index contributed by atoms with van der Waals surface area (Å²) in [5.41, 5.74) is 7.63. The van der Waals surface area contributed by atoms with Crippen LogP contribution in [0.4, 0.5) is 0 Å². The Labute approximate surface area is 199 Å². The molecule has 168 valence electrons. The molecule has 0 spiro atoms. The van der Waals surface area contributed by atoms with Gasteiger partial charge in [-0.3, -0.25) is 9.59 Å². The molecule has 33 heavy (non-hydrogen) atoms. The van der Waals surface area contributed by atoms with Gasteiger partial charge in [0.25, 0.3) is 5.91 Å². The predicted molar refractivity (Wildman–Crippen MR) is 131 cm³/mol. The first-order valence-electron chi connectivity index (χ1n) is 11.0. The van der Waals surface area contributed by atoms with Crippen molar-refractivity contribution in [2.24, 2.45) is 0 Å². The quantitative estimate of drug-likeness (QED) is 0.538. The average Bonchev–Trinajstić information content (AvgIpc) is 3.09. The van der Waals surface area contributed by atoms with E-state index in [-0.39, 0.29) is 11.8 Å². The first-order valence-corrected chi connectivity index (χ1v) is 11.4. The third kappa shape index (κ3) is 5.15. The average molecular weight is 461 g/mol. The summed E-state index contributed by atoms with van der Waals surface area (Å²) in [6.07, 6.45) is 1.90. The van der Waals surface area contributed by atoms with E-state index in [1.165, 1.54) is 5.56 Å². The molecule has 5 nitrogen and oxygen atoms in total. The molecule has 0 aliphatic carbocycles. The number of aryl methyl sites for hydroxylation is 1. The number of carbonyl (C=O) groups excluding carboxylic acids is 2. The summed E-state index contributed by atoms with van der Waals surface area (Å²) in [4.78, 5) is 25.9. The number of rotatable bonds is 5. The van der Waals surface area contributed by atoms with Crippen LogP contribution in [0.3, 0.4) is 0 Å². The van der Waals surface area contributed by atoms with Crippen molar-refractivity contribution in [1.82, 2.24) is 10.7 Å². The van der Waals surface area contributed by atoms with E-state index < -0.39 is 12.1 Å². The van der Waals surface area contributed by atoms with Crippen LogP contribution in [-0.2, 0) is 4.79 Å². The van der Waals surface area contributed by atoms with Crippen molar-refractivity contribution in [2.45, 2.75) is 38.8 Å². The molecule has 3 aromatic carbocycles. The fourth-order valence-electron chi connectivity index (χ4n) is 3.90. The molecule has 6 heteroatoms. The summed E-state index contributed by atoms with van der Waals surface area (Å²) in [5.74, 6) is -0.150. The van der Waals surface area contributed by atoms with Gasteiger partial charge in [0.1, 0.15) is 0 Å². The lowest BCUT2D eigenvalue weighted by Crippen LogP contribution is -2.42. The molecular formula is C27H27ClN3O2+. The van der Waals surface area contributed by atoms with E-state index in [9.17, 15) is 9.59 Å². The largest absolute Gasteiger partial charge is 0.334 e. The highest BCUT2D eigenvalue weighted by atomic mass is 35.5. The molecule has 1 aliphatic heterocycles. The second-order valence-electron chi connectivity index (χ2n) is 8.65. The Kier molecular flexibility index (Phi) is 6.61. The van der Waals surface area contributed by atoms with Crippen molar-refractivity contribution in [3.63, 3.8) is 0 Å². The minimum atomic E-state index is -0.762. The molecule has 1 aliphatic rings. The number of nitrogens with zero attached hydrogens (tertiary/aromatic N) is 1. The van der Waals surface area contributed by atoms with Gasteiger partial charge in [0.15, 0.2) is 6.04 Å². The van der Waals surface area contributed by atoms with Gasteiger partial charge < -0.3 is 5.32 Å². The van der Waals surface area contributed by atoms with Crippen LogP contribution in [0.1, 0.15) is 58.4 Å². The van der Waals surface area contributed by atoms with Crippen LogP contribution in [0.25, 0.3) is 0 Å². The molecular weight excluding hydrogens is 434 g/mol. The number of hydrogen-bond acceptors (Lipinski definition) is 2. The summed E-state index contributed by atoms with van der Waals surface area (Å²) in [5, 5.41) is 3.46. The molecule has 0 bridgehead atoms. The smallest absolute Gasteiger partial charge is 0.304 e. The lowest BCUT2D eigenvalue weighted by molar-refractivity contribution is -0.596. The van der Waals surface area contributed by atoms with Crippen molar-refractivity contribution >= 4 is 29.6 Å². The van der Waals surface area contributed by atoms with Crippen LogP contribution in [0, 0.1) is 6.92 Å². The minimum absolute atomic E-state index is 0.266. The Balaban J connectivity index is 1.68. The van der Waals surface area contributed by atoms with Gasteiger partial charge in [-0.2, -0.15) is 0 Å². The molecule has 2 amide bonds. The second kappa shape index (κ2) is 9.59. The Hall–Kier alpha value is -3.44. The minimum Gasteiger partial charge on any atom is -0.334 e. The Bertz CT molecular complexity index is 1180. The number of nitrogens with one attached hydrogen (secondary N) is 2. The molecule has 2 atom stereocenters. The van der Waals surface area contributed by atoms with Gasteiger partial charge >= 0.3 is 5.91 Å². The summed E-state index contributed by atoms with van der Waals surface area (Å²) < 4.78 is 1.78. The van der Waals surface area contributed by atoms with E-state index in [1.54, 1.807) is 28.9 Å². The zero-order valence-electron chi connectivity index (χ0n) is 18.9. The number of amides is 2. The van der Waals surface area contributed by atoms with Crippen LogP contribution >= 0.6 is 11.6 Å². The Morgan fingerprint density at radius 3 is 2.24 bits per heavy atom. The number of hydrazone groups is 1. The zero-order valence-corrected chi connectivity index (χ0v) is 19.6. The Morgan fingerprint density at radius 2 is 1.64 bits per heavy atom. The first kappa shape index (κ1) is 22.7. The number of hydrazine groups is 1. The highest BCUT2D eigenvalue weighted by Gasteiger charge is 2.47.